The summed E-state index contributed by atoms with van der Waals surface area (Å²) in [7, 11) is 1.67. The minimum Gasteiger partial charge on any atom is -0.496 e. The van der Waals surface area contributed by atoms with Crippen LogP contribution in [0.1, 0.15) is 31.2 Å². The Hall–Kier alpha value is -1.88. The Bertz CT molecular complexity index is 622. The first-order valence-corrected chi connectivity index (χ1v) is 7.43. The quantitative estimate of drug-likeness (QED) is 0.846. The molecule has 1 unspecified atom stereocenters. The summed E-state index contributed by atoms with van der Waals surface area (Å²) in [4.78, 5) is 6.88. The minimum atomic E-state index is 0.622. The summed E-state index contributed by atoms with van der Waals surface area (Å²) >= 11 is 0. The van der Waals surface area contributed by atoms with Gasteiger partial charge in [-0.3, -0.25) is 4.90 Å². The van der Waals surface area contributed by atoms with Crippen molar-refractivity contribution >= 4 is 0 Å². The molecule has 0 bridgehead atoms. The van der Waals surface area contributed by atoms with Gasteiger partial charge in [-0.1, -0.05) is 24.2 Å². The molecular formula is C16H21N3O2. The maximum absolute atomic E-state index is 5.38. The molecule has 0 aliphatic carbocycles. The van der Waals surface area contributed by atoms with Crippen molar-refractivity contribution in [3.63, 3.8) is 0 Å². The molecule has 1 aliphatic rings. The van der Waals surface area contributed by atoms with Crippen molar-refractivity contribution in [3.05, 3.63) is 29.7 Å². The molecule has 21 heavy (non-hydrogen) atoms. The van der Waals surface area contributed by atoms with Gasteiger partial charge in [-0.2, -0.15) is 4.98 Å². The van der Waals surface area contributed by atoms with Crippen molar-refractivity contribution in [2.24, 2.45) is 0 Å². The Labute approximate surface area is 124 Å². The van der Waals surface area contributed by atoms with Gasteiger partial charge < -0.3 is 9.26 Å². The van der Waals surface area contributed by atoms with Gasteiger partial charge in [0.25, 0.3) is 0 Å². The van der Waals surface area contributed by atoms with Crippen LogP contribution in [-0.4, -0.2) is 34.7 Å². The summed E-state index contributed by atoms with van der Waals surface area (Å²) in [5.41, 5.74) is 2.01. The zero-order valence-corrected chi connectivity index (χ0v) is 12.8. The molecule has 0 amide bonds. The van der Waals surface area contributed by atoms with Gasteiger partial charge in [0, 0.05) is 18.2 Å². The number of aromatic nitrogens is 2. The van der Waals surface area contributed by atoms with Gasteiger partial charge >= 0.3 is 0 Å². The Morgan fingerprint density at radius 1 is 1.43 bits per heavy atom. The van der Waals surface area contributed by atoms with E-state index in [0.29, 0.717) is 17.8 Å². The topological polar surface area (TPSA) is 51.4 Å². The Balaban J connectivity index is 1.75. The molecule has 1 aliphatic heterocycles. The molecule has 2 aromatic rings. The van der Waals surface area contributed by atoms with Gasteiger partial charge in [-0.05, 0) is 31.4 Å². The van der Waals surface area contributed by atoms with Gasteiger partial charge in [0.15, 0.2) is 0 Å². The molecular weight excluding hydrogens is 266 g/mol. The molecule has 0 spiro atoms. The molecule has 0 radical (unpaired) electrons. The monoisotopic (exact) mass is 287 g/mol. The third kappa shape index (κ3) is 2.78. The number of nitrogens with zero attached hydrogens (tertiary/aromatic N) is 3. The van der Waals surface area contributed by atoms with Gasteiger partial charge in [0.2, 0.25) is 11.7 Å². The first kappa shape index (κ1) is 14.1. The number of rotatable bonds is 5. The van der Waals surface area contributed by atoms with E-state index in [0.717, 1.165) is 30.0 Å². The molecule has 1 aromatic heterocycles. The number of benzene rings is 1. The fourth-order valence-electron chi connectivity index (χ4n) is 2.73. The van der Waals surface area contributed by atoms with E-state index in [1.807, 2.05) is 25.1 Å². The lowest BCUT2D eigenvalue weighted by atomic mass is 10.0. The fourth-order valence-corrected chi connectivity index (χ4v) is 2.73. The van der Waals surface area contributed by atoms with E-state index in [4.69, 9.17) is 9.26 Å². The van der Waals surface area contributed by atoms with Crippen molar-refractivity contribution in [3.8, 4) is 17.1 Å². The molecule has 2 heterocycles. The average Bonchev–Trinajstić information content (AvgIpc) is 2.93. The first-order valence-electron chi connectivity index (χ1n) is 7.43. The second kappa shape index (κ2) is 5.85. The average molecular weight is 287 g/mol. The summed E-state index contributed by atoms with van der Waals surface area (Å²) < 4.78 is 10.7. The standard InChI is InChI=1S/C16H21N3O2/c1-4-13-7-8-19(13)10-15-17-16(18-21-15)12-6-5-11(2)14(9-12)20-3/h5-6,9,13H,4,7-8,10H2,1-3H3. The lowest BCUT2D eigenvalue weighted by molar-refractivity contribution is 0.0668. The Morgan fingerprint density at radius 2 is 2.29 bits per heavy atom. The van der Waals surface area contributed by atoms with E-state index in [1.165, 1.54) is 12.8 Å². The lowest BCUT2D eigenvalue weighted by Gasteiger charge is -2.39. The van der Waals surface area contributed by atoms with E-state index in [-0.39, 0.29) is 0 Å². The van der Waals surface area contributed by atoms with Crippen molar-refractivity contribution in [1.29, 1.82) is 0 Å². The number of hydrogen-bond acceptors (Lipinski definition) is 5. The van der Waals surface area contributed by atoms with E-state index in [9.17, 15) is 0 Å². The number of methoxy groups -OCH3 is 1. The van der Waals surface area contributed by atoms with Crippen LogP contribution in [0.2, 0.25) is 0 Å². The van der Waals surface area contributed by atoms with Crippen molar-refractivity contribution in [1.82, 2.24) is 15.0 Å². The van der Waals surface area contributed by atoms with Gasteiger partial charge in [-0.15, -0.1) is 0 Å². The zero-order valence-electron chi connectivity index (χ0n) is 12.8. The van der Waals surface area contributed by atoms with Crippen molar-refractivity contribution in [2.75, 3.05) is 13.7 Å². The van der Waals surface area contributed by atoms with Crippen LogP contribution >= 0.6 is 0 Å². The van der Waals surface area contributed by atoms with Gasteiger partial charge in [0.1, 0.15) is 5.75 Å². The normalized spacial score (nSPS) is 18.5. The van der Waals surface area contributed by atoms with Crippen LogP contribution in [0.4, 0.5) is 0 Å². The van der Waals surface area contributed by atoms with Crippen LogP contribution in [0, 0.1) is 6.92 Å². The second-order valence-electron chi connectivity index (χ2n) is 5.52. The Morgan fingerprint density at radius 3 is 2.95 bits per heavy atom. The minimum absolute atomic E-state index is 0.622. The van der Waals surface area contributed by atoms with Gasteiger partial charge in [0.05, 0.1) is 13.7 Å². The van der Waals surface area contributed by atoms with E-state index >= 15 is 0 Å². The third-order valence-electron chi connectivity index (χ3n) is 4.21. The van der Waals surface area contributed by atoms with Crippen molar-refractivity contribution < 1.29 is 9.26 Å². The van der Waals surface area contributed by atoms with Gasteiger partial charge in [-0.25, -0.2) is 0 Å². The van der Waals surface area contributed by atoms with Crippen LogP contribution in [0.5, 0.6) is 5.75 Å². The summed E-state index contributed by atoms with van der Waals surface area (Å²) in [5.74, 6) is 2.15. The van der Waals surface area contributed by atoms with E-state index in [2.05, 4.69) is 22.0 Å². The molecule has 1 fully saturated rings. The highest BCUT2D eigenvalue weighted by molar-refractivity contribution is 5.58. The van der Waals surface area contributed by atoms with Crippen LogP contribution in [-0.2, 0) is 6.54 Å². The number of ether oxygens (including phenoxy) is 1. The highest BCUT2D eigenvalue weighted by atomic mass is 16.5. The number of likely N-dealkylation sites (tertiary alicyclic amines) is 1. The molecule has 0 saturated carbocycles. The maximum atomic E-state index is 5.38. The molecule has 5 heteroatoms. The molecule has 1 saturated heterocycles. The smallest absolute Gasteiger partial charge is 0.241 e. The summed E-state index contributed by atoms with van der Waals surface area (Å²) in [6.45, 7) is 6.09. The molecule has 5 nitrogen and oxygen atoms in total. The largest absolute Gasteiger partial charge is 0.496 e. The second-order valence-corrected chi connectivity index (χ2v) is 5.52. The number of aryl methyl sites for hydroxylation is 1. The predicted molar refractivity (Wildman–Crippen MR) is 80.1 cm³/mol. The number of hydrogen-bond donors (Lipinski definition) is 0. The summed E-state index contributed by atoms with van der Waals surface area (Å²) in [6, 6.07) is 6.61. The van der Waals surface area contributed by atoms with Crippen LogP contribution < -0.4 is 4.74 Å². The molecule has 1 aromatic carbocycles. The predicted octanol–water partition coefficient (Wildman–Crippen LogP) is 3.04. The van der Waals surface area contributed by atoms with E-state index in [1.54, 1.807) is 7.11 Å². The molecule has 112 valence electrons. The van der Waals surface area contributed by atoms with Crippen LogP contribution in [0.3, 0.4) is 0 Å². The van der Waals surface area contributed by atoms with Crippen molar-refractivity contribution in [2.45, 2.75) is 39.3 Å². The fraction of sp³-hybridized carbons (Fsp3) is 0.500. The lowest BCUT2D eigenvalue weighted by Crippen LogP contribution is -2.46. The third-order valence-corrected chi connectivity index (χ3v) is 4.21. The van der Waals surface area contributed by atoms with Crippen LogP contribution in [0.25, 0.3) is 11.4 Å². The first-order chi connectivity index (χ1) is 10.2. The molecule has 1 atom stereocenters. The molecule has 0 N–H and O–H groups in total. The zero-order chi connectivity index (χ0) is 14.8. The SMILES string of the molecule is CCC1CCN1Cc1nc(-c2ccc(C)c(OC)c2)no1. The van der Waals surface area contributed by atoms with Crippen LogP contribution in [0.15, 0.2) is 22.7 Å². The maximum Gasteiger partial charge on any atom is 0.241 e. The Kier molecular flexibility index (Phi) is 3.92. The summed E-state index contributed by atoms with van der Waals surface area (Å²) in [5, 5.41) is 4.09. The summed E-state index contributed by atoms with van der Waals surface area (Å²) in [6.07, 6.45) is 2.45. The van der Waals surface area contributed by atoms with E-state index < -0.39 is 0 Å². The molecule has 3 rings (SSSR count). The highest BCUT2D eigenvalue weighted by Gasteiger charge is 2.27. The highest BCUT2D eigenvalue weighted by Crippen LogP contribution is 2.26.